The standard InChI is InChI=1S/C17H19NO/c1-13-8-6-7-11-16(13)12-17(19)18-14(2)15-9-4-3-5-10-15/h3-11,14H,12H2,1-2H3,(H,18,19)/t14-/m0/s1. The molecule has 0 spiro atoms. The van der Waals surface area contributed by atoms with E-state index in [1.807, 2.05) is 68.4 Å². The zero-order chi connectivity index (χ0) is 13.7. The molecule has 0 aliphatic heterocycles. The van der Waals surface area contributed by atoms with Crippen molar-refractivity contribution in [3.63, 3.8) is 0 Å². The Morgan fingerprint density at radius 3 is 2.37 bits per heavy atom. The molecule has 19 heavy (non-hydrogen) atoms. The highest BCUT2D eigenvalue weighted by molar-refractivity contribution is 5.79. The van der Waals surface area contributed by atoms with E-state index >= 15 is 0 Å². The van der Waals surface area contributed by atoms with Crippen LogP contribution in [0.15, 0.2) is 54.6 Å². The van der Waals surface area contributed by atoms with E-state index in [0.717, 1.165) is 16.7 Å². The molecule has 0 fully saturated rings. The second kappa shape index (κ2) is 6.19. The van der Waals surface area contributed by atoms with Crippen molar-refractivity contribution in [1.29, 1.82) is 0 Å². The first-order valence-electron chi connectivity index (χ1n) is 6.55. The van der Waals surface area contributed by atoms with E-state index in [4.69, 9.17) is 0 Å². The average Bonchev–Trinajstić information content (AvgIpc) is 2.42. The Labute approximate surface area is 114 Å². The summed E-state index contributed by atoms with van der Waals surface area (Å²) < 4.78 is 0. The van der Waals surface area contributed by atoms with Crippen molar-refractivity contribution in [3.05, 3.63) is 71.3 Å². The molecule has 0 aromatic heterocycles. The van der Waals surface area contributed by atoms with Gasteiger partial charge in [0, 0.05) is 0 Å². The molecular weight excluding hydrogens is 234 g/mol. The highest BCUT2D eigenvalue weighted by Gasteiger charge is 2.10. The van der Waals surface area contributed by atoms with E-state index in [-0.39, 0.29) is 11.9 Å². The number of carbonyl (C=O) groups excluding carboxylic acids is 1. The average molecular weight is 253 g/mol. The summed E-state index contributed by atoms with van der Waals surface area (Å²) in [6.45, 7) is 4.04. The summed E-state index contributed by atoms with van der Waals surface area (Å²) in [5.41, 5.74) is 3.37. The summed E-state index contributed by atoms with van der Waals surface area (Å²) >= 11 is 0. The highest BCUT2D eigenvalue weighted by atomic mass is 16.1. The first-order chi connectivity index (χ1) is 9.16. The number of amides is 1. The fourth-order valence-electron chi connectivity index (χ4n) is 2.10. The molecule has 1 N–H and O–H groups in total. The predicted octanol–water partition coefficient (Wildman–Crippen LogP) is 3.41. The molecule has 2 aromatic rings. The number of nitrogens with one attached hydrogen (secondary N) is 1. The molecule has 0 heterocycles. The van der Waals surface area contributed by atoms with Crippen molar-refractivity contribution in [2.45, 2.75) is 26.3 Å². The molecule has 0 aliphatic rings. The summed E-state index contributed by atoms with van der Waals surface area (Å²) in [7, 11) is 0. The van der Waals surface area contributed by atoms with Crippen molar-refractivity contribution < 1.29 is 4.79 Å². The fraction of sp³-hybridized carbons (Fsp3) is 0.235. The first-order valence-corrected chi connectivity index (χ1v) is 6.55. The molecular formula is C17H19NO. The second-order valence-electron chi connectivity index (χ2n) is 4.80. The molecule has 0 radical (unpaired) electrons. The molecule has 0 saturated carbocycles. The Hall–Kier alpha value is -2.09. The smallest absolute Gasteiger partial charge is 0.224 e. The number of rotatable bonds is 4. The molecule has 98 valence electrons. The van der Waals surface area contributed by atoms with Gasteiger partial charge in [-0.25, -0.2) is 0 Å². The summed E-state index contributed by atoms with van der Waals surface area (Å²) in [6.07, 6.45) is 0.434. The van der Waals surface area contributed by atoms with Gasteiger partial charge < -0.3 is 5.32 Å². The summed E-state index contributed by atoms with van der Waals surface area (Å²) in [6, 6.07) is 18.0. The SMILES string of the molecule is Cc1ccccc1CC(=O)N[C@@H](C)c1ccccc1. The van der Waals surface area contributed by atoms with Crippen LogP contribution in [0, 0.1) is 6.92 Å². The van der Waals surface area contributed by atoms with Gasteiger partial charge in [-0.2, -0.15) is 0 Å². The van der Waals surface area contributed by atoms with Gasteiger partial charge in [0.15, 0.2) is 0 Å². The van der Waals surface area contributed by atoms with Gasteiger partial charge in [-0.1, -0.05) is 54.6 Å². The monoisotopic (exact) mass is 253 g/mol. The van der Waals surface area contributed by atoms with E-state index in [1.54, 1.807) is 0 Å². The molecule has 0 aliphatic carbocycles. The summed E-state index contributed by atoms with van der Waals surface area (Å²) in [5.74, 6) is 0.0608. The van der Waals surface area contributed by atoms with Crippen LogP contribution in [0.5, 0.6) is 0 Å². The zero-order valence-electron chi connectivity index (χ0n) is 11.4. The highest BCUT2D eigenvalue weighted by Crippen LogP contribution is 2.12. The van der Waals surface area contributed by atoms with Crippen LogP contribution in [0.3, 0.4) is 0 Å². The molecule has 0 saturated heterocycles. The number of hydrogen-bond donors (Lipinski definition) is 1. The quantitative estimate of drug-likeness (QED) is 0.888. The predicted molar refractivity (Wildman–Crippen MR) is 77.9 cm³/mol. The van der Waals surface area contributed by atoms with Gasteiger partial charge in [-0.05, 0) is 30.5 Å². The van der Waals surface area contributed by atoms with Crippen LogP contribution >= 0.6 is 0 Å². The maximum absolute atomic E-state index is 12.0. The minimum atomic E-state index is 0.0396. The van der Waals surface area contributed by atoms with Crippen LogP contribution in [-0.4, -0.2) is 5.91 Å². The largest absolute Gasteiger partial charge is 0.349 e. The molecule has 2 aromatic carbocycles. The fourth-order valence-corrected chi connectivity index (χ4v) is 2.10. The van der Waals surface area contributed by atoms with E-state index in [2.05, 4.69) is 5.32 Å². The van der Waals surface area contributed by atoms with E-state index in [0.29, 0.717) is 6.42 Å². The van der Waals surface area contributed by atoms with E-state index < -0.39 is 0 Å². The van der Waals surface area contributed by atoms with Crippen LogP contribution in [0.1, 0.15) is 29.7 Å². The van der Waals surface area contributed by atoms with Crippen LogP contribution in [0.4, 0.5) is 0 Å². The molecule has 1 amide bonds. The maximum Gasteiger partial charge on any atom is 0.224 e. The van der Waals surface area contributed by atoms with Gasteiger partial charge in [0.1, 0.15) is 0 Å². The van der Waals surface area contributed by atoms with Gasteiger partial charge in [-0.3, -0.25) is 4.79 Å². The van der Waals surface area contributed by atoms with Gasteiger partial charge in [-0.15, -0.1) is 0 Å². The molecule has 0 unspecified atom stereocenters. The normalized spacial score (nSPS) is 11.9. The molecule has 2 nitrogen and oxygen atoms in total. The van der Waals surface area contributed by atoms with Crippen molar-refractivity contribution in [2.24, 2.45) is 0 Å². The van der Waals surface area contributed by atoms with Gasteiger partial charge >= 0.3 is 0 Å². The minimum Gasteiger partial charge on any atom is -0.349 e. The third-order valence-corrected chi connectivity index (χ3v) is 3.29. The Morgan fingerprint density at radius 1 is 1.05 bits per heavy atom. The van der Waals surface area contributed by atoms with Crippen molar-refractivity contribution >= 4 is 5.91 Å². The zero-order valence-corrected chi connectivity index (χ0v) is 11.4. The third-order valence-electron chi connectivity index (χ3n) is 3.29. The van der Waals surface area contributed by atoms with Crippen LogP contribution in [0.25, 0.3) is 0 Å². The van der Waals surface area contributed by atoms with Crippen molar-refractivity contribution in [1.82, 2.24) is 5.32 Å². The Morgan fingerprint density at radius 2 is 1.68 bits per heavy atom. The topological polar surface area (TPSA) is 29.1 Å². The minimum absolute atomic E-state index is 0.0396. The number of aryl methyl sites for hydroxylation is 1. The lowest BCUT2D eigenvalue weighted by atomic mass is 10.0. The molecule has 2 rings (SSSR count). The van der Waals surface area contributed by atoms with E-state index in [1.165, 1.54) is 0 Å². The van der Waals surface area contributed by atoms with Crippen LogP contribution < -0.4 is 5.32 Å². The Kier molecular flexibility index (Phi) is 4.35. The Bertz CT molecular complexity index is 548. The lowest BCUT2D eigenvalue weighted by molar-refractivity contribution is -0.121. The Balaban J connectivity index is 1.97. The van der Waals surface area contributed by atoms with Crippen LogP contribution in [-0.2, 0) is 11.2 Å². The maximum atomic E-state index is 12.0. The summed E-state index contributed by atoms with van der Waals surface area (Å²) in [5, 5.41) is 3.03. The van der Waals surface area contributed by atoms with Crippen molar-refractivity contribution in [2.75, 3.05) is 0 Å². The second-order valence-corrected chi connectivity index (χ2v) is 4.80. The lowest BCUT2D eigenvalue weighted by Gasteiger charge is -2.14. The molecule has 2 heteroatoms. The molecule has 1 atom stereocenters. The van der Waals surface area contributed by atoms with Gasteiger partial charge in [0.25, 0.3) is 0 Å². The lowest BCUT2D eigenvalue weighted by Crippen LogP contribution is -2.28. The van der Waals surface area contributed by atoms with Crippen LogP contribution in [0.2, 0.25) is 0 Å². The molecule has 0 bridgehead atoms. The van der Waals surface area contributed by atoms with Crippen molar-refractivity contribution in [3.8, 4) is 0 Å². The first kappa shape index (κ1) is 13.3. The third kappa shape index (κ3) is 3.68. The van der Waals surface area contributed by atoms with Gasteiger partial charge in [0.05, 0.1) is 12.5 Å². The van der Waals surface area contributed by atoms with E-state index in [9.17, 15) is 4.79 Å². The summed E-state index contributed by atoms with van der Waals surface area (Å²) in [4.78, 5) is 12.0. The van der Waals surface area contributed by atoms with Gasteiger partial charge in [0.2, 0.25) is 5.91 Å². The number of benzene rings is 2. The number of hydrogen-bond acceptors (Lipinski definition) is 1. The number of carbonyl (C=O) groups is 1.